The average molecular weight is 578 g/mol. The number of hydrogen-bond acceptors (Lipinski definition) is 4. The SMILES string of the molecule is CCC(C)NC(=O)C(Cc1ccccc1)N(Cc1ccc(C)cc1)C(=O)CCCN(c1ccc(C)cc1)S(C)(=O)=O. The quantitative estimate of drug-likeness (QED) is 0.278. The summed E-state index contributed by atoms with van der Waals surface area (Å²) < 4.78 is 26.5. The van der Waals surface area contributed by atoms with Crippen molar-refractivity contribution in [2.24, 2.45) is 0 Å². The molecule has 2 atom stereocenters. The molecule has 0 radical (unpaired) electrons. The van der Waals surface area contributed by atoms with E-state index in [1.165, 1.54) is 10.6 Å². The third-order valence-electron chi connectivity index (χ3n) is 7.22. The lowest BCUT2D eigenvalue weighted by Gasteiger charge is -2.32. The second-order valence-corrected chi connectivity index (χ2v) is 12.7. The molecule has 8 heteroatoms. The molecule has 41 heavy (non-hydrogen) atoms. The van der Waals surface area contributed by atoms with Crippen LogP contribution in [-0.4, -0.2) is 50.0 Å². The van der Waals surface area contributed by atoms with E-state index in [2.05, 4.69) is 5.32 Å². The van der Waals surface area contributed by atoms with Gasteiger partial charge >= 0.3 is 0 Å². The van der Waals surface area contributed by atoms with Gasteiger partial charge in [-0.05, 0) is 56.9 Å². The predicted molar refractivity (Wildman–Crippen MR) is 166 cm³/mol. The molecule has 1 N–H and O–H groups in total. The van der Waals surface area contributed by atoms with Gasteiger partial charge in [-0.25, -0.2) is 8.42 Å². The summed E-state index contributed by atoms with van der Waals surface area (Å²) in [7, 11) is -3.54. The van der Waals surface area contributed by atoms with Crippen LogP contribution in [0.3, 0.4) is 0 Å². The van der Waals surface area contributed by atoms with Crippen LogP contribution in [0.15, 0.2) is 78.9 Å². The number of aryl methyl sites for hydroxylation is 2. The van der Waals surface area contributed by atoms with Gasteiger partial charge in [-0.1, -0.05) is 84.8 Å². The van der Waals surface area contributed by atoms with Crippen molar-refractivity contribution in [3.63, 3.8) is 0 Å². The van der Waals surface area contributed by atoms with Crippen molar-refractivity contribution in [1.29, 1.82) is 0 Å². The first-order valence-electron chi connectivity index (χ1n) is 14.2. The Hall–Kier alpha value is -3.65. The van der Waals surface area contributed by atoms with Crippen molar-refractivity contribution in [3.05, 3.63) is 101 Å². The summed E-state index contributed by atoms with van der Waals surface area (Å²) in [5.74, 6) is -0.385. The van der Waals surface area contributed by atoms with Crippen LogP contribution in [0.25, 0.3) is 0 Å². The summed E-state index contributed by atoms with van der Waals surface area (Å²) in [5.41, 5.74) is 4.59. The van der Waals surface area contributed by atoms with E-state index in [1.807, 2.05) is 94.4 Å². The van der Waals surface area contributed by atoms with Crippen LogP contribution in [0.4, 0.5) is 5.69 Å². The summed E-state index contributed by atoms with van der Waals surface area (Å²) in [6, 6.07) is 24.2. The van der Waals surface area contributed by atoms with Crippen LogP contribution in [-0.2, 0) is 32.6 Å². The Balaban J connectivity index is 1.88. The normalized spacial score (nSPS) is 12.8. The van der Waals surface area contributed by atoms with Gasteiger partial charge in [0.1, 0.15) is 6.04 Å². The minimum atomic E-state index is -3.54. The predicted octanol–water partition coefficient (Wildman–Crippen LogP) is 5.40. The fraction of sp³-hybridized carbons (Fsp3) is 0.394. The highest BCUT2D eigenvalue weighted by molar-refractivity contribution is 7.92. The van der Waals surface area contributed by atoms with Crippen molar-refractivity contribution in [2.75, 3.05) is 17.1 Å². The molecular weight excluding hydrogens is 534 g/mol. The van der Waals surface area contributed by atoms with Crippen molar-refractivity contribution in [3.8, 4) is 0 Å². The van der Waals surface area contributed by atoms with E-state index in [1.54, 1.807) is 17.0 Å². The molecule has 7 nitrogen and oxygen atoms in total. The summed E-state index contributed by atoms with van der Waals surface area (Å²) in [6.07, 6.45) is 2.74. The third-order valence-corrected chi connectivity index (χ3v) is 8.41. The zero-order valence-electron chi connectivity index (χ0n) is 24.8. The Bertz CT molecular complexity index is 1370. The molecule has 0 aromatic heterocycles. The minimum Gasteiger partial charge on any atom is -0.352 e. The van der Waals surface area contributed by atoms with Crippen LogP contribution in [0.5, 0.6) is 0 Å². The van der Waals surface area contributed by atoms with E-state index in [4.69, 9.17) is 0 Å². The molecule has 220 valence electrons. The van der Waals surface area contributed by atoms with Crippen molar-refractivity contribution in [2.45, 2.75) is 72.0 Å². The number of rotatable bonds is 14. The molecule has 0 saturated carbocycles. The third kappa shape index (κ3) is 9.74. The van der Waals surface area contributed by atoms with Crippen molar-refractivity contribution < 1.29 is 18.0 Å². The molecule has 0 saturated heterocycles. The van der Waals surface area contributed by atoms with Crippen LogP contribution in [0.1, 0.15) is 55.4 Å². The summed E-state index contributed by atoms with van der Waals surface area (Å²) in [6.45, 7) is 8.35. The first-order chi connectivity index (χ1) is 19.5. The van der Waals surface area contributed by atoms with E-state index in [9.17, 15) is 18.0 Å². The summed E-state index contributed by atoms with van der Waals surface area (Å²) in [4.78, 5) is 29.2. The van der Waals surface area contributed by atoms with Crippen LogP contribution in [0.2, 0.25) is 0 Å². The molecule has 3 aromatic carbocycles. The van der Waals surface area contributed by atoms with Gasteiger partial charge in [0.15, 0.2) is 0 Å². The lowest BCUT2D eigenvalue weighted by atomic mass is 10.0. The largest absolute Gasteiger partial charge is 0.352 e. The van der Waals surface area contributed by atoms with Crippen molar-refractivity contribution >= 4 is 27.5 Å². The van der Waals surface area contributed by atoms with Gasteiger partial charge in [-0.3, -0.25) is 13.9 Å². The molecule has 2 amide bonds. The maximum Gasteiger partial charge on any atom is 0.243 e. The van der Waals surface area contributed by atoms with Gasteiger partial charge < -0.3 is 10.2 Å². The molecular formula is C33H43N3O4S. The smallest absolute Gasteiger partial charge is 0.243 e. The Kier molecular flexibility index (Phi) is 11.5. The Morgan fingerprint density at radius 3 is 2.00 bits per heavy atom. The number of carbonyl (C=O) groups excluding carboxylic acids is 2. The topological polar surface area (TPSA) is 86.8 Å². The zero-order valence-corrected chi connectivity index (χ0v) is 25.7. The fourth-order valence-corrected chi connectivity index (χ4v) is 5.57. The highest BCUT2D eigenvalue weighted by Crippen LogP contribution is 2.21. The Labute approximate surface area is 245 Å². The number of amides is 2. The lowest BCUT2D eigenvalue weighted by Crippen LogP contribution is -2.52. The molecule has 0 bridgehead atoms. The van der Waals surface area contributed by atoms with Gasteiger partial charge in [0.2, 0.25) is 21.8 Å². The maximum absolute atomic E-state index is 13.9. The van der Waals surface area contributed by atoms with Crippen LogP contribution < -0.4 is 9.62 Å². The summed E-state index contributed by atoms with van der Waals surface area (Å²) in [5, 5.41) is 3.08. The molecule has 3 aromatic rings. The van der Waals surface area contributed by atoms with Gasteiger partial charge in [0.25, 0.3) is 0 Å². The number of carbonyl (C=O) groups is 2. The molecule has 0 aliphatic carbocycles. The Morgan fingerprint density at radius 2 is 1.44 bits per heavy atom. The molecule has 0 aliphatic rings. The van der Waals surface area contributed by atoms with E-state index >= 15 is 0 Å². The molecule has 0 fully saturated rings. The molecule has 0 aliphatic heterocycles. The molecule has 0 spiro atoms. The average Bonchev–Trinajstić information content (AvgIpc) is 2.94. The molecule has 0 heterocycles. The zero-order chi connectivity index (χ0) is 30.0. The number of benzene rings is 3. The number of nitrogens with one attached hydrogen (secondary N) is 1. The van der Waals surface area contributed by atoms with E-state index < -0.39 is 16.1 Å². The highest BCUT2D eigenvalue weighted by atomic mass is 32.2. The van der Waals surface area contributed by atoms with E-state index in [0.29, 0.717) is 18.5 Å². The maximum atomic E-state index is 13.9. The molecule has 3 rings (SSSR count). The van der Waals surface area contributed by atoms with Crippen molar-refractivity contribution in [1.82, 2.24) is 10.2 Å². The number of anilines is 1. The monoisotopic (exact) mass is 577 g/mol. The fourth-order valence-electron chi connectivity index (χ4n) is 4.60. The lowest BCUT2D eigenvalue weighted by molar-refractivity contribution is -0.141. The second kappa shape index (κ2) is 14.8. The van der Waals surface area contributed by atoms with Gasteiger partial charge in [0.05, 0.1) is 11.9 Å². The molecule has 2 unspecified atom stereocenters. The first kappa shape index (κ1) is 31.9. The van der Waals surface area contributed by atoms with Crippen LogP contribution >= 0.6 is 0 Å². The summed E-state index contributed by atoms with van der Waals surface area (Å²) >= 11 is 0. The van der Waals surface area contributed by atoms with E-state index in [-0.39, 0.29) is 37.4 Å². The highest BCUT2D eigenvalue weighted by Gasteiger charge is 2.31. The van der Waals surface area contributed by atoms with Gasteiger partial charge in [-0.15, -0.1) is 0 Å². The van der Waals surface area contributed by atoms with Gasteiger partial charge in [0, 0.05) is 32.0 Å². The number of nitrogens with zero attached hydrogens (tertiary/aromatic N) is 2. The Morgan fingerprint density at radius 1 is 0.854 bits per heavy atom. The number of sulfonamides is 1. The van der Waals surface area contributed by atoms with E-state index in [0.717, 1.165) is 28.7 Å². The number of hydrogen-bond donors (Lipinski definition) is 1. The van der Waals surface area contributed by atoms with Crippen LogP contribution in [0, 0.1) is 13.8 Å². The standard InChI is InChI=1S/C33H43N3O4S/c1-6-27(4)34-33(38)31(23-28-11-8-7-9-12-28)35(24-29-18-14-25(2)15-19-29)32(37)13-10-22-36(41(5,39)40)30-20-16-26(3)17-21-30/h7-9,11-12,14-21,27,31H,6,10,13,22-24H2,1-5H3,(H,34,38). The van der Waals surface area contributed by atoms with Gasteiger partial charge in [-0.2, -0.15) is 0 Å². The minimum absolute atomic E-state index is 0.0325. The first-order valence-corrected chi connectivity index (χ1v) is 16.1. The second-order valence-electron chi connectivity index (χ2n) is 10.8.